The van der Waals surface area contributed by atoms with Gasteiger partial charge in [-0.05, 0) is 85.8 Å². The van der Waals surface area contributed by atoms with Crippen LogP contribution in [0.25, 0.3) is 22.2 Å². The van der Waals surface area contributed by atoms with Crippen LogP contribution < -0.4 is 5.73 Å². The lowest BCUT2D eigenvalue weighted by Crippen LogP contribution is -2.14. The number of fused-ring (bicyclic) bond motifs is 3. The van der Waals surface area contributed by atoms with E-state index in [4.69, 9.17) is 15.7 Å². The van der Waals surface area contributed by atoms with Gasteiger partial charge in [0.1, 0.15) is 0 Å². The van der Waals surface area contributed by atoms with Gasteiger partial charge >= 0.3 is 0 Å². The number of nitrogens with two attached hydrogens (primary N) is 1. The fourth-order valence-corrected chi connectivity index (χ4v) is 4.85. The quantitative estimate of drug-likeness (QED) is 0.587. The summed E-state index contributed by atoms with van der Waals surface area (Å²) >= 11 is 3.56. The zero-order valence-electron chi connectivity index (χ0n) is 14.8. The Bertz CT molecular complexity index is 1000. The Morgan fingerprint density at radius 3 is 2.04 bits per heavy atom. The average Bonchev–Trinajstić information content (AvgIpc) is 2.67. The summed E-state index contributed by atoms with van der Waals surface area (Å²) in [5, 5.41) is 1.08. The number of hydrogen-bond acceptors (Lipinski definition) is 3. The maximum absolute atomic E-state index is 6.75. The molecule has 0 aliphatic heterocycles. The maximum atomic E-state index is 6.75. The standard InChI is InChI=1S/C22H22BrN3/c23-14-11-9-13(10-12-14)19-15-5-1-3-7-17(15)25-22-20(19)21(24)16-6-2-4-8-18(16)26-22/h9-12H,1-8H2,(H2,24,25,26). The molecule has 0 atom stereocenters. The SMILES string of the molecule is Nc1c2c(nc3nc4c(c(-c5ccc(Br)cc5)c13)CCCC4)CCCC2. The number of benzene rings is 1. The van der Waals surface area contributed by atoms with Crippen LogP contribution in [-0.4, -0.2) is 9.97 Å². The van der Waals surface area contributed by atoms with E-state index < -0.39 is 0 Å². The number of rotatable bonds is 1. The molecule has 1 aromatic carbocycles. The smallest absolute Gasteiger partial charge is 0.162 e. The van der Waals surface area contributed by atoms with Crippen molar-refractivity contribution < 1.29 is 0 Å². The number of pyridine rings is 2. The third-order valence-electron chi connectivity index (χ3n) is 5.86. The van der Waals surface area contributed by atoms with Gasteiger partial charge in [0.15, 0.2) is 5.65 Å². The van der Waals surface area contributed by atoms with Crippen molar-refractivity contribution in [3.05, 3.63) is 51.3 Å². The Morgan fingerprint density at radius 2 is 1.35 bits per heavy atom. The molecule has 0 spiro atoms. The zero-order valence-corrected chi connectivity index (χ0v) is 16.4. The van der Waals surface area contributed by atoms with E-state index in [9.17, 15) is 0 Å². The summed E-state index contributed by atoms with van der Waals surface area (Å²) < 4.78 is 1.09. The van der Waals surface area contributed by atoms with Crippen LogP contribution in [0.5, 0.6) is 0 Å². The molecule has 0 fully saturated rings. The molecule has 2 heterocycles. The second-order valence-electron chi connectivity index (χ2n) is 7.48. The van der Waals surface area contributed by atoms with Gasteiger partial charge in [-0.1, -0.05) is 28.1 Å². The van der Waals surface area contributed by atoms with Crippen molar-refractivity contribution in [3.8, 4) is 11.1 Å². The van der Waals surface area contributed by atoms with E-state index in [0.29, 0.717) is 0 Å². The normalized spacial score (nSPS) is 16.3. The third kappa shape index (κ3) is 2.54. The second kappa shape index (κ2) is 6.34. The van der Waals surface area contributed by atoms with Gasteiger partial charge in [0.05, 0.1) is 5.39 Å². The summed E-state index contributed by atoms with van der Waals surface area (Å²) in [4.78, 5) is 9.98. The Morgan fingerprint density at radius 1 is 0.769 bits per heavy atom. The second-order valence-corrected chi connectivity index (χ2v) is 8.40. The first-order chi connectivity index (χ1) is 12.7. The third-order valence-corrected chi connectivity index (χ3v) is 6.39. The van der Waals surface area contributed by atoms with Gasteiger partial charge < -0.3 is 5.73 Å². The molecule has 0 saturated heterocycles. The zero-order chi connectivity index (χ0) is 17.7. The molecular formula is C22H22BrN3. The van der Waals surface area contributed by atoms with Crippen molar-refractivity contribution in [1.29, 1.82) is 0 Å². The maximum Gasteiger partial charge on any atom is 0.162 e. The van der Waals surface area contributed by atoms with Crippen molar-refractivity contribution in [3.63, 3.8) is 0 Å². The molecule has 2 aliphatic rings. The molecule has 5 rings (SSSR count). The van der Waals surface area contributed by atoms with Gasteiger partial charge in [0.25, 0.3) is 0 Å². The molecule has 3 nitrogen and oxygen atoms in total. The van der Waals surface area contributed by atoms with Crippen LogP contribution in [0.2, 0.25) is 0 Å². The molecule has 0 radical (unpaired) electrons. The lowest BCUT2D eigenvalue weighted by atomic mass is 9.85. The fraction of sp³-hybridized carbons (Fsp3) is 0.364. The van der Waals surface area contributed by atoms with Gasteiger partial charge in [0, 0.05) is 21.5 Å². The van der Waals surface area contributed by atoms with Crippen LogP contribution in [0.1, 0.15) is 48.2 Å². The van der Waals surface area contributed by atoms with Crippen LogP contribution in [0.4, 0.5) is 5.69 Å². The molecule has 3 aromatic rings. The Labute approximate surface area is 162 Å². The van der Waals surface area contributed by atoms with Gasteiger partial charge in [-0.2, -0.15) is 0 Å². The van der Waals surface area contributed by atoms with E-state index in [1.807, 2.05) is 0 Å². The minimum atomic E-state index is 0.849. The summed E-state index contributed by atoms with van der Waals surface area (Å²) in [6, 6.07) is 8.59. The highest BCUT2D eigenvalue weighted by atomic mass is 79.9. The molecule has 2 N–H and O–H groups in total. The van der Waals surface area contributed by atoms with Crippen LogP contribution in [0, 0.1) is 0 Å². The molecule has 0 unspecified atom stereocenters. The van der Waals surface area contributed by atoms with E-state index in [-0.39, 0.29) is 0 Å². The molecule has 2 aliphatic carbocycles. The van der Waals surface area contributed by atoms with Crippen LogP contribution in [-0.2, 0) is 25.7 Å². The van der Waals surface area contributed by atoms with E-state index in [1.165, 1.54) is 59.3 Å². The summed E-state index contributed by atoms with van der Waals surface area (Å²) in [7, 11) is 0. The Kier molecular flexibility index (Phi) is 3.96. The fourth-order valence-electron chi connectivity index (χ4n) is 4.58. The minimum absolute atomic E-state index is 0.849. The molecular weight excluding hydrogens is 386 g/mol. The highest BCUT2D eigenvalue weighted by Crippen LogP contribution is 2.41. The first-order valence-electron chi connectivity index (χ1n) is 9.61. The van der Waals surface area contributed by atoms with Crippen molar-refractivity contribution in [2.24, 2.45) is 0 Å². The Balaban J connectivity index is 1.89. The molecule has 4 heteroatoms. The highest BCUT2D eigenvalue weighted by Gasteiger charge is 2.24. The number of hydrogen-bond donors (Lipinski definition) is 1. The monoisotopic (exact) mass is 407 g/mol. The van der Waals surface area contributed by atoms with E-state index in [0.717, 1.165) is 46.9 Å². The predicted molar refractivity (Wildman–Crippen MR) is 110 cm³/mol. The number of nitrogens with zero attached hydrogens (tertiary/aromatic N) is 2. The first kappa shape index (κ1) is 16.2. The molecule has 2 aromatic heterocycles. The van der Waals surface area contributed by atoms with Crippen LogP contribution in [0.15, 0.2) is 28.7 Å². The van der Waals surface area contributed by atoms with Crippen molar-refractivity contribution >= 4 is 32.7 Å². The largest absolute Gasteiger partial charge is 0.398 e. The molecule has 132 valence electrons. The molecule has 0 bridgehead atoms. The topological polar surface area (TPSA) is 51.8 Å². The number of aromatic nitrogens is 2. The number of aryl methyl sites for hydroxylation is 2. The van der Waals surface area contributed by atoms with E-state index in [2.05, 4.69) is 40.2 Å². The lowest BCUT2D eigenvalue weighted by molar-refractivity contribution is 0.665. The Hall–Kier alpha value is -1.94. The van der Waals surface area contributed by atoms with Gasteiger partial charge in [-0.15, -0.1) is 0 Å². The number of nitrogen functional groups attached to an aromatic ring is 1. The summed E-state index contributed by atoms with van der Waals surface area (Å²) in [5.74, 6) is 0. The highest BCUT2D eigenvalue weighted by molar-refractivity contribution is 9.10. The van der Waals surface area contributed by atoms with Crippen molar-refractivity contribution in [1.82, 2.24) is 9.97 Å². The predicted octanol–water partition coefficient (Wildman–Crippen LogP) is 5.40. The van der Waals surface area contributed by atoms with Crippen molar-refractivity contribution in [2.45, 2.75) is 51.4 Å². The summed E-state index contributed by atoms with van der Waals surface area (Å²) in [6.07, 6.45) is 9.05. The molecule has 0 amide bonds. The van der Waals surface area contributed by atoms with Crippen molar-refractivity contribution in [2.75, 3.05) is 5.73 Å². The van der Waals surface area contributed by atoms with Gasteiger partial charge in [-0.25, -0.2) is 9.97 Å². The minimum Gasteiger partial charge on any atom is -0.398 e. The van der Waals surface area contributed by atoms with E-state index >= 15 is 0 Å². The molecule has 0 saturated carbocycles. The lowest BCUT2D eigenvalue weighted by Gasteiger charge is -2.24. The first-order valence-corrected chi connectivity index (χ1v) is 10.4. The average molecular weight is 408 g/mol. The summed E-state index contributed by atoms with van der Waals surface area (Å²) in [5.41, 5.74) is 16.1. The van der Waals surface area contributed by atoms with E-state index in [1.54, 1.807) is 0 Å². The van der Waals surface area contributed by atoms with Crippen LogP contribution in [0.3, 0.4) is 0 Å². The van der Waals surface area contributed by atoms with Crippen LogP contribution >= 0.6 is 15.9 Å². The molecule has 26 heavy (non-hydrogen) atoms. The van der Waals surface area contributed by atoms with Gasteiger partial charge in [0.2, 0.25) is 0 Å². The number of halogens is 1. The number of anilines is 1. The van der Waals surface area contributed by atoms with Gasteiger partial charge in [-0.3, -0.25) is 0 Å². The summed E-state index contributed by atoms with van der Waals surface area (Å²) in [6.45, 7) is 0.